The third-order valence-electron chi connectivity index (χ3n) is 6.29. The fraction of sp³-hybridized carbons (Fsp3) is 0.355. The zero-order chi connectivity index (χ0) is 30.4. The maximum absolute atomic E-state index is 14.7. The number of carbonyl (C=O) groups is 2. The molecule has 1 atom stereocenters. The summed E-state index contributed by atoms with van der Waals surface area (Å²) in [5, 5.41) is 2.85. The van der Waals surface area contributed by atoms with Crippen LogP contribution in [0.4, 0.5) is 10.1 Å². The fourth-order valence-electron chi connectivity index (χ4n) is 4.16. The van der Waals surface area contributed by atoms with Gasteiger partial charge in [-0.2, -0.15) is 0 Å². The molecular formula is C31H38FN3O5S. The van der Waals surface area contributed by atoms with E-state index in [4.69, 9.17) is 4.74 Å². The van der Waals surface area contributed by atoms with Crippen molar-refractivity contribution in [3.05, 3.63) is 89.7 Å². The second-order valence-corrected chi connectivity index (χ2v) is 12.6. The number of sulfonamides is 1. The monoisotopic (exact) mass is 583 g/mol. The van der Waals surface area contributed by atoms with Gasteiger partial charge in [0.15, 0.2) is 0 Å². The van der Waals surface area contributed by atoms with Crippen LogP contribution in [0.15, 0.2) is 77.7 Å². The number of carbonyl (C=O) groups excluding carboxylic acids is 2. The number of benzene rings is 3. The van der Waals surface area contributed by atoms with Crippen molar-refractivity contribution < 1.29 is 27.1 Å². The summed E-state index contributed by atoms with van der Waals surface area (Å²) < 4.78 is 49.4. The number of amides is 2. The molecule has 1 N–H and O–H groups in total. The molecule has 0 heterocycles. The van der Waals surface area contributed by atoms with E-state index < -0.39 is 45.8 Å². The van der Waals surface area contributed by atoms with Gasteiger partial charge in [0.05, 0.1) is 17.2 Å². The average Bonchev–Trinajstić information content (AvgIpc) is 2.90. The van der Waals surface area contributed by atoms with E-state index in [0.717, 1.165) is 9.87 Å². The van der Waals surface area contributed by atoms with Gasteiger partial charge in [-0.05, 0) is 71.9 Å². The molecule has 41 heavy (non-hydrogen) atoms. The molecule has 2 amide bonds. The van der Waals surface area contributed by atoms with Crippen LogP contribution in [0.1, 0.15) is 45.7 Å². The molecule has 0 bridgehead atoms. The van der Waals surface area contributed by atoms with Gasteiger partial charge >= 0.3 is 0 Å². The fourth-order valence-corrected chi connectivity index (χ4v) is 5.58. The maximum Gasteiger partial charge on any atom is 0.264 e. The maximum atomic E-state index is 14.7. The highest BCUT2D eigenvalue weighted by Crippen LogP contribution is 2.33. The first kappa shape index (κ1) is 31.6. The Kier molecular flexibility index (Phi) is 10.1. The summed E-state index contributed by atoms with van der Waals surface area (Å²) in [6.07, 6.45) is 0. The van der Waals surface area contributed by atoms with Crippen molar-refractivity contribution in [1.29, 1.82) is 0 Å². The summed E-state index contributed by atoms with van der Waals surface area (Å²) in [4.78, 5) is 28.4. The smallest absolute Gasteiger partial charge is 0.264 e. The van der Waals surface area contributed by atoms with Crippen LogP contribution in [0.25, 0.3) is 0 Å². The van der Waals surface area contributed by atoms with Crippen LogP contribution in [-0.2, 0) is 26.2 Å². The molecule has 0 spiro atoms. The highest BCUT2D eigenvalue weighted by atomic mass is 32.2. The van der Waals surface area contributed by atoms with E-state index in [1.165, 1.54) is 42.2 Å². The van der Waals surface area contributed by atoms with Crippen molar-refractivity contribution in [3.63, 3.8) is 0 Å². The molecule has 3 aromatic carbocycles. The van der Waals surface area contributed by atoms with E-state index >= 15 is 0 Å². The minimum Gasteiger partial charge on any atom is -0.492 e. The lowest BCUT2D eigenvalue weighted by Crippen LogP contribution is -2.54. The molecule has 0 unspecified atom stereocenters. The van der Waals surface area contributed by atoms with Crippen LogP contribution in [0.5, 0.6) is 5.75 Å². The first-order chi connectivity index (χ1) is 19.2. The molecule has 0 saturated carbocycles. The summed E-state index contributed by atoms with van der Waals surface area (Å²) in [5.74, 6) is -1.41. The molecule has 0 aliphatic heterocycles. The predicted octanol–water partition coefficient (Wildman–Crippen LogP) is 5.06. The summed E-state index contributed by atoms with van der Waals surface area (Å²) in [7, 11) is -4.26. The van der Waals surface area contributed by atoms with Crippen LogP contribution >= 0.6 is 0 Å². The van der Waals surface area contributed by atoms with Gasteiger partial charge in [-0.3, -0.25) is 13.9 Å². The van der Waals surface area contributed by atoms with E-state index in [2.05, 4.69) is 5.32 Å². The molecule has 0 saturated heterocycles. The summed E-state index contributed by atoms with van der Waals surface area (Å²) >= 11 is 0. The zero-order valence-electron chi connectivity index (χ0n) is 24.3. The molecule has 8 nitrogen and oxygen atoms in total. The molecule has 0 aliphatic carbocycles. The number of hydrogen-bond donors (Lipinski definition) is 1. The second kappa shape index (κ2) is 13.2. The van der Waals surface area contributed by atoms with Crippen LogP contribution in [0, 0.1) is 12.7 Å². The lowest BCUT2D eigenvalue weighted by atomic mass is 10.1. The van der Waals surface area contributed by atoms with E-state index in [1.54, 1.807) is 70.2 Å². The van der Waals surface area contributed by atoms with Crippen molar-refractivity contribution >= 4 is 27.5 Å². The van der Waals surface area contributed by atoms with Crippen LogP contribution in [0.3, 0.4) is 0 Å². The molecule has 0 fully saturated rings. The SMILES string of the molecule is CCOc1ccccc1N(CC(=O)N(Cc1ccccc1F)[C@@H](C)C(=O)NC(C)(C)C)S(=O)(=O)c1ccc(C)cc1. The number of halogens is 1. The van der Waals surface area contributed by atoms with Crippen LogP contribution < -0.4 is 14.4 Å². The van der Waals surface area contributed by atoms with Gasteiger partial charge in [0.2, 0.25) is 11.8 Å². The summed E-state index contributed by atoms with van der Waals surface area (Å²) in [5.41, 5.74) is 0.644. The Bertz CT molecular complexity index is 1470. The quantitative estimate of drug-likeness (QED) is 0.341. The number of para-hydroxylation sites is 2. The third kappa shape index (κ3) is 8.07. The summed E-state index contributed by atoms with van der Waals surface area (Å²) in [6, 6.07) is 17.7. The second-order valence-electron chi connectivity index (χ2n) is 10.8. The van der Waals surface area contributed by atoms with Crippen molar-refractivity contribution in [1.82, 2.24) is 10.2 Å². The van der Waals surface area contributed by atoms with E-state index in [1.807, 2.05) is 6.92 Å². The van der Waals surface area contributed by atoms with Gasteiger partial charge in [0.1, 0.15) is 24.2 Å². The number of aryl methyl sites for hydroxylation is 1. The predicted molar refractivity (Wildman–Crippen MR) is 158 cm³/mol. The van der Waals surface area contributed by atoms with Crippen molar-refractivity contribution in [2.45, 2.75) is 64.6 Å². The molecule has 3 aromatic rings. The van der Waals surface area contributed by atoms with E-state index in [9.17, 15) is 22.4 Å². The van der Waals surface area contributed by atoms with Gasteiger partial charge in [0, 0.05) is 17.6 Å². The Balaban J connectivity index is 2.10. The topological polar surface area (TPSA) is 96.0 Å². The summed E-state index contributed by atoms with van der Waals surface area (Å²) in [6.45, 7) is 9.94. The Morgan fingerprint density at radius 1 is 0.976 bits per heavy atom. The molecule has 0 radical (unpaired) electrons. The van der Waals surface area contributed by atoms with Gasteiger partial charge in [-0.25, -0.2) is 12.8 Å². The lowest BCUT2D eigenvalue weighted by molar-refractivity contribution is -0.140. The largest absolute Gasteiger partial charge is 0.492 e. The molecule has 0 aromatic heterocycles. The normalized spacial score (nSPS) is 12.4. The molecule has 10 heteroatoms. The van der Waals surface area contributed by atoms with Crippen molar-refractivity contribution in [2.75, 3.05) is 17.5 Å². The Morgan fingerprint density at radius 2 is 1.59 bits per heavy atom. The van der Waals surface area contributed by atoms with Gasteiger partial charge in [-0.1, -0.05) is 48.0 Å². The lowest BCUT2D eigenvalue weighted by Gasteiger charge is -2.33. The highest BCUT2D eigenvalue weighted by molar-refractivity contribution is 7.92. The van der Waals surface area contributed by atoms with Crippen molar-refractivity contribution in [2.24, 2.45) is 0 Å². The Morgan fingerprint density at radius 3 is 2.20 bits per heavy atom. The van der Waals surface area contributed by atoms with Gasteiger partial charge < -0.3 is 15.0 Å². The Labute approximate surface area is 242 Å². The van der Waals surface area contributed by atoms with Crippen LogP contribution in [0.2, 0.25) is 0 Å². The standard InChI is InChI=1S/C31H38FN3O5S/c1-7-40-28-15-11-10-14-27(28)35(41(38,39)25-18-16-22(2)17-19-25)21-29(36)34(20-24-12-8-9-13-26(24)32)23(3)30(37)33-31(4,5)6/h8-19,23H,7,20-21H2,1-6H3,(H,33,37)/t23-/m0/s1. The number of nitrogens with zero attached hydrogens (tertiary/aromatic N) is 2. The number of hydrogen-bond acceptors (Lipinski definition) is 5. The molecule has 220 valence electrons. The minimum absolute atomic E-state index is 0.0126. The van der Waals surface area contributed by atoms with Gasteiger partial charge in [-0.15, -0.1) is 0 Å². The first-order valence-electron chi connectivity index (χ1n) is 13.4. The number of anilines is 1. The minimum atomic E-state index is -4.26. The van der Waals surface area contributed by atoms with Gasteiger partial charge in [0.25, 0.3) is 10.0 Å². The van der Waals surface area contributed by atoms with E-state index in [-0.39, 0.29) is 35.0 Å². The highest BCUT2D eigenvalue weighted by Gasteiger charge is 2.34. The molecule has 3 rings (SSSR count). The van der Waals surface area contributed by atoms with Crippen LogP contribution in [-0.4, -0.2) is 49.9 Å². The third-order valence-corrected chi connectivity index (χ3v) is 8.06. The van der Waals surface area contributed by atoms with Crippen molar-refractivity contribution in [3.8, 4) is 5.75 Å². The number of ether oxygens (including phenoxy) is 1. The number of nitrogens with one attached hydrogen (secondary N) is 1. The number of rotatable bonds is 11. The average molecular weight is 584 g/mol. The first-order valence-corrected chi connectivity index (χ1v) is 14.8. The van der Waals surface area contributed by atoms with E-state index in [0.29, 0.717) is 0 Å². The zero-order valence-corrected chi connectivity index (χ0v) is 25.2. The molecule has 0 aliphatic rings. The molecular weight excluding hydrogens is 545 g/mol. The Hall–Kier alpha value is -3.92.